The van der Waals surface area contributed by atoms with Crippen molar-refractivity contribution in [2.75, 3.05) is 31.8 Å². The third-order valence-corrected chi connectivity index (χ3v) is 6.11. The number of hydrogen-bond donors (Lipinski definition) is 1. The summed E-state index contributed by atoms with van der Waals surface area (Å²) in [6, 6.07) is 9.65. The van der Waals surface area contributed by atoms with Gasteiger partial charge in [-0.05, 0) is 42.3 Å². The van der Waals surface area contributed by atoms with Crippen LogP contribution in [0.25, 0.3) is 0 Å². The number of carbonyl (C=O) groups excluding carboxylic acids is 1. The maximum absolute atomic E-state index is 12.9. The zero-order chi connectivity index (χ0) is 21.8. The summed E-state index contributed by atoms with van der Waals surface area (Å²) < 4.78 is 35.3. The van der Waals surface area contributed by atoms with E-state index in [-0.39, 0.29) is 16.6 Å². The van der Waals surface area contributed by atoms with Crippen molar-refractivity contribution < 1.29 is 22.7 Å². The Balaban J connectivity index is 2.32. The Labute approximate surface area is 176 Å². The lowest BCUT2D eigenvalue weighted by Crippen LogP contribution is -2.29. The molecule has 0 aliphatic carbocycles. The molecule has 0 saturated carbocycles. The summed E-state index contributed by atoms with van der Waals surface area (Å²) in [6.07, 6.45) is 1.72. The average Bonchev–Trinajstić information content (AvgIpc) is 2.70. The molecule has 0 spiro atoms. The Morgan fingerprint density at radius 1 is 1.14 bits per heavy atom. The summed E-state index contributed by atoms with van der Waals surface area (Å²) in [6.45, 7) is 1.94. The first-order chi connectivity index (χ1) is 13.6. The van der Waals surface area contributed by atoms with E-state index >= 15 is 0 Å². The van der Waals surface area contributed by atoms with Gasteiger partial charge in [-0.15, -0.1) is 0 Å². The zero-order valence-corrected chi connectivity index (χ0v) is 18.6. The number of nitrogens with one attached hydrogen (secondary N) is 1. The molecule has 1 atom stereocenters. The van der Waals surface area contributed by atoms with Crippen molar-refractivity contribution in [3.63, 3.8) is 0 Å². The highest BCUT2D eigenvalue weighted by atomic mass is 35.5. The SMILES string of the molecule is CC[C@H](NC(=O)c1cc(N(C)S(C)(=O)=O)ccc1Cl)c1ccc(OC)c(OC)c1. The van der Waals surface area contributed by atoms with Gasteiger partial charge >= 0.3 is 0 Å². The normalized spacial score (nSPS) is 12.2. The number of rotatable bonds is 8. The van der Waals surface area contributed by atoms with Gasteiger partial charge in [0.05, 0.1) is 42.8 Å². The molecule has 0 unspecified atom stereocenters. The molecule has 1 N–H and O–H groups in total. The first kappa shape index (κ1) is 22.8. The Bertz CT molecular complexity index is 994. The highest BCUT2D eigenvalue weighted by Gasteiger charge is 2.20. The van der Waals surface area contributed by atoms with Crippen LogP contribution in [0.15, 0.2) is 36.4 Å². The Morgan fingerprint density at radius 2 is 1.79 bits per heavy atom. The third-order valence-electron chi connectivity index (χ3n) is 4.58. The fourth-order valence-electron chi connectivity index (χ4n) is 2.80. The predicted octanol–water partition coefficient (Wildman–Crippen LogP) is 3.63. The van der Waals surface area contributed by atoms with E-state index in [1.807, 2.05) is 19.1 Å². The smallest absolute Gasteiger partial charge is 0.253 e. The van der Waals surface area contributed by atoms with Gasteiger partial charge in [-0.25, -0.2) is 8.42 Å². The molecule has 0 radical (unpaired) electrons. The van der Waals surface area contributed by atoms with Gasteiger partial charge in [0, 0.05) is 7.05 Å². The minimum atomic E-state index is -3.46. The van der Waals surface area contributed by atoms with E-state index < -0.39 is 15.9 Å². The molecule has 158 valence electrons. The van der Waals surface area contributed by atoms with E-state index in [0.29, 0.717) is 23.6 Å². The van der Waals surface area contributed by atoms with Crippen molar-refractivity contribution in [3.05, 3.63) is 52.5 Å². The van der Waals surface area contributed by atoms with Gasteiger partial charge in [0.25, 0.3) is 5.91 Å². The Hall–Kier alpha value is -2.45. The van der Waals surface area contributed by atoms with Gasteiger partial charge in [0.2, 0.25) is 10.0 Å². The number of ether oxygens (including phenoxy) is 2. The van der Waals surface area contributed by atoms with Gasteiger partial charge in [0.15, 0.2) is 11.5 Å². The molecule has 0 bridgehead atoms. The van der Waals surface area contributed by atoms with E-state index in [0.717, 1.165) is 16.1 Å². The van der Waals surface area contributed by atoms with Gasteiger partial charge in [0.1, 0.15) is 0 Å². The topological polar surface area (TPSA) is 84.9 Å². The molecule has 9 heteroatoms. The lowest BCUT2D eigenvalue weighted by Gasteiger charge is -2.21. The van der Waals surface area contributed by atoms with Crippen LogP contribution in [0.5, 0.6) is 11.5 Å². The molecule has 29 heavy (non-hydrogen) atoms. The molecule has 0 heterocycles. The maximum Gasteiger partial charge on any atom is 0.253 e. The summed E-state index contributed by atoms with van der Waals surface area (Å²) >= 11 is 6.20. The standard InChI is InChI=1S/C20H25ClN2O5S/c1-6-17(13-7-10-18(27-3)19(11-13)28-4)22-20(24)15-12-14(8-9-16(15)21)23(2)29(5,25)26/h7-12,17H,6H2,1-5H3,(H,22,24)/t17-/m0/s1. The fraction of sp³-hybridized carbons (Fsp3) is 0.350. The number of carbonyl (C=O) groups is 1. The van der Waals surface area contributed by atoms with Crippen molar-refractivity contribution in [3.8, 4) is 11.5 Å². The summed E-state index contributed by atoms with van der Waals surface area (Å²) in [5, 5.41) is 3.18. The van der Waals surface area contributed by atoms with Gasteiger partial charge < -0.3 is 14.8 Å². The van der Waals surface area contributed by atoms with Crippen LogP contribution in [0, 0.1) is 0 Å². The van der Waals surface area contributed by atoms with Crippen LogP contribution >= 0.6 is 11.6 Å². The van der Waals surface area contributed by atoms with E-state index in [4.69, 9.17) is 21.1 Å². The zero-order valence-electron chi connectivity index (χ0n) is 17.0. The number of anilines is 1. The lowest BCUT2D eigenvalue weighted by atomic mass is 10.0. The largest absolute Gasteiger partial charge is 0.493 e. The quantitative estimate of drug-likeness (QED) is 0.677. The highest BCUT2D eigenvalue weighted by molar-refractivity contribution is 7.92. The average molecular weight is 441 g/mol. The molecule has 7 nitrogen and oxygen atoms in total. The van der Waals surface area contributed by atoms with Crippen LogP contribution < -0.4 is 19.1 Å². The summed E-state index contributed by atoms with van der Waals surface area (Å²) in [7, 11) is 1.05. The number of benzene rings is 2. The number of amides is 1. The Kier molecular flexibility index (Phi) is 7.37. The summed E-state index contributed by atoms with van der Waals surface area (Å²) in [5.74, 6) is 0.755. The van der Waals surface area contributed by atoms with Gasteiger partial charge in [-0.2, -0.15) is 0 Å². The Morgan fingerprint density at radius 3 is 2.34 bits per heavy atom. The van der Waals surface area contributed by atoms with Crippen molar-refractivity contribution in [2.24, 2.45) is 0 Å². The third kappa shape index (κ3) is 5.33. The van der Waals surface area contributed by atoms with Gasteiger partial charge in [-0.3, -0.25) is 9.10 Å². The number of halogens is 1. The molecular weight excluding hydrogens is 416 g/mol. The van der Waals surface area contributed by atoms with Crippen molar-refractivity contribution >= 4 is 33.2 Å². The molecule has 0 fully saturated rings. The van der Waals surface area contributed by atoms with E-state index in [9.17, 15) is 13.2 Å². The highest BCUT2D eigenvalue weighted by Crippen LogP contribution is 2.31. The first-order valence-corrected chi connectivity index (χ1v) is 11.1. The molecule has 0 aliphatic heterocycles. The van der Waals surface area contributed by atoms with E-state index in [2.05, 4.69) is 5.32 Å². The second-order valence-electron chi connectivity index (χ2n) is 6.44. The summed E-state index contributed by atoms with van der Waals surface area (Å²) in [5.41, 5.74) is 1.39. The van der Waals surface area contributed by atoms with Crippen LogP contribution in [-0.2, 0) is 10.0 Å². The summed E-state index contributed by atoms with van der Waals surface area (Å²) in [4.78, 5) is 12.9. The van der Waals surface area contributed by atoms with Crippen LogP contribution in [0.1, 0.15) is 35.3 Å². The van der Waals surface area contributed by atoms with Crippen molar-refractivity contribution in [1.29, 1.82) is 0 Å². The van der Waals surface area contributed by atoms with E-state index in [1.54, 1.807) is 26.4 Å². The number of sulfonamides is 1. The van der Waals surface area contributed by atoms with Crippen LogP contribution in [0.2, 0.25) is 5.02 Å². The second-order valence-corrected chi connectivity index (χ2v) is 8.86. The predicted molar refractivity (Wildman–Crippen MR) is 115 cm³/mol. The molecule has 0 saturated heterocycles. The van der Waals surface area contributed by atoms with Crippen LogP contribution in [0.4, 0.5) is 5.69 Å². The minimum Gasteiger partial charge on any atom is -0.493 e. The number of hydrogen-bond acceptors (Lipinski definition) is 5. The lowest BCUT2D eigenvalue weighted by molar-refractivity contribution is 0.0935. The monoisotopic (exact) mass is 440 g/mol. The molecule has 2 aromatic rings. The number of methoxy groups -OCH3 is 2. The van der Waals surface area contributed by atoms with Gasteiger partial charge in [-0.1, -0.05) is 24.6 Å². The van der Waals surface area contributed by atoms with Crippen molar-refractivity contribution in [1.82, 2.24) is 5.32 Å². The second kappa shape index (κ2) is 9.37. The first-order valence-electron chi connectivity index (χ1n) is 8.88. The molecular formula is C20H25ClN2O5S. The van der Waals surface area contributed by atoms with E-state index in [1.165, 1.54) is 19.2 Å². The molecule has 2 aromatic carbocycles. The number of nitrogens with zero attached hydrogens (tertiary/aromatic N) is 1. The molecule has 0 aromatic heterocycles. The molecule has 0 aliphatic rings. The van der Waals surface area contributed by atoms with Crippen LogP contribution in [0.3, 0.4) is 0 Å². The molecule has 1 amide bonds. The fourth-order valence-corrected chi connectivity index (χ4v) is 3.50. The maximum atomic E-state index is 12.9. The molecule has 2 rings (SSSR count). The van der Waals surface area contributed by atoms with Crippen molar-refractivity contribution in [2.45, 2.75) is 19.4 Å². The van der Waals surface area contributed by atoms with Crippen LogP contribution in [-0.4, -0.2) is 41.8 Å². The minimum absolute atomic E-state index is 0.193.